The molecule has 1 aliphatic rings. The summed E-state index contributed by atoms with van der Waals surface area (Å²) in [6.07, 6.45) is 6.45. The third-order valence-corrected chi connectivity index (χ3v) is 7.24. The Bertz CT molecular complexity index is 1320. The molecule has 1 aliphatic heterocycles. The molecule has 1 amide bonds. The number of allylic oxidation sites excluding steroid dienone is 2. The molecule has 3 rings (SSSR count). The molecule has 1 saturated heterocycles. The molecule has 9 heteroatoms. The summed E-state index contributed by atoms with van der Waals surface area (Å²) in [5, 5.41) is 11.8. The van der Waals surface area contributed by atoms with Gasteiger partial charge in [-0.1, -0.05) is 29.8 Å². The normalized spacial score (nSPS) is 15.5. The Morgan fingerprint density at radius 3 is 2.12 bits per heavy atom. The maximum absolute atomic E-state index is 12.4. The second-order valence-corrected chi connectivity index (χ2v) is 11.9. The Kier molecular flexibility index (Phi) is 10.7. The monoisotopic (exact) mass is 579 g/mol. The number of hydrogen-bond donors (Lipinski definition) is 1. The minimum atomic E-state index is -0.160. The number of halogens is 1. The molecule has 220 valence electrons. The fraction of sp³-hybridized carbons (Fsp3) is 0.375. The highest BCUT2D eigenvalue weighted by Gasteiger charge is 2.26. The van der Waals surface area contributed by atoms with Gasteiger partial charge in [0.05, 0.1) is 16.3 Å². The smallest absolute Gasteiger partial charge is 0.218 e. The number of carbonyl (C=O) groups is 2. The number of aliphatic hydroxyl groups excluding tert-OH is 1. The predicted octanol–water partition coefficient (Wildman–Crippen LogP) is 5.33. The van der Waals surface area contributed by atoms with E-state index in [0.29, 0.717) is 40.1 Å². The molecular weight excluding hydrogens is 538 g/mol. The first kappa shape index (κ1) is 31.8. The van der Waals surface area contributed by atoms with Gasteiger partial charge in [0.25, 0.3) is 0 Å². The highest BCUT2D eigenvalue weighted by atomic mass is 35.5. The fourth-order valence-electron chi connectivity index (χ4n) is 4.70. The van der Waals surface area contributed by atoms with Crippen LogP contribution in [0, 0.1) is 0 Å². The predicted molar refractivity (Wildman–Crippen MR) is 170 cm³/mol. The van der Waals surface area contributed by atoms with Gasteiger partial charge in [-0.3, -0.25) is 19.4 Å². The van der Waals surface area contributed by atoms with E-state index in [4.69, 9.17) is 11.6 Å². The molecule has 0 unspecified atom stereocenters. The molecule has 0 bridgehead atoms. The fourth-order valence-corrected chi connectivity index (χ4v) is 4.98. The van der Waals surface area contributed by atoms with Crippen LogP contribution in [0.5, 0.6) is 0 Å². The average molecular weight is 580 g/mol. The maximum atomic E-state index is 12.4. The van der Waals surface area contributed by atoms with Crippen molar-refractivity contribution < 1.29 is 14.7 Å². The Labute approximate surface area is 249 Å². The van der Waals surface area contributed by atoms with Crippen LogP contribution in [0.25, 0.3) is 11.1 Å². The molecule has 41 heavy (non-hydrogen) atoms. The van der Waals surface area contributed by atoms with Crippen LogP contribution in [0.1, 0.15) is 31.9 Å². The molecule has 0 spiro atoms. The van der Waals surface area contributed by atoms with Gasteiger partial charge in [0, 0.05) is 89.8 Å². The summed E-state index contributed by atoms with van der Waals surface area (Å²) in [6, 6.07) is 12.9. The second-order valence-electron chi connectivity index (χ2n) is 11.5. The van der Waals surface area contributed by atoms with Gasteiger partial charge >= 0.3 is 0 Å². The first-order valence-electron chi connectivity index (χ1n) is 13.6. The van der Waals surface area contributed by atoms with Gasteiger partial charge in [0.15, 0.2) is 6.29 Å². The highest BCUT2D eigenvalue weighted by molar-refractivity contribution is 6.34. The van der Waals surface area contributed by atoms with Crippen LogP contribution in [0.2, 0.25) is 5.02 Å². The lowest BCUT2D eigenvalue weighted by Gasteiger charge is -2.43. The molecule has 0 radical (unpaired) electrons. The molecule has 0 aromatic heterocycles. The number of anilines is 2. The van der Waals surface area contributed by atoms with Crippen LogP contribution >= 0.6 is 11.6 Å². The number of carbonyl (C=O) groups excluding carboxylic acids is 2. The summed E-state index contributed by atoms with van der Waals surface area (Å²) in [5.41, 5.74) is 3.45. The second kappa shape index (κ2) is 13.7. The zero-order valence-electron chi connectivity index (χ0n) is 25.1. The lowest BCUT2D eigenvalue weighted by molar-refractivity contribution is -0.107. The summed E-state index contributed by atoms with van der Waals surface area (Å²) >= 11 is 6.61. The van der Waals surface area contributed by atoms with Gasteiger partial charge in [-0.2, -0.15) is 0 Å². The third-order valence-electron chi connectivity index (χ3n) is 6.94. The first-order chi connectivity index (χ1) is 19.3. The van der Waals surface area contributed by atoms with E-state index in [1.54, 1.807) is 46.6 Å². The van der Waals surface area contributed by atoms with Crippen molar-refractivity contribution in [2.24, 2.45) is 0 Å². The number of amides is 1. The summed E-state index contributed by atoms with van der Waals surface area (Å²) < 4.78 is 0. The van der Waals surface area contributed by atoms with Crippen LogP contribution in [-0.2, 0) is 9.59 Å². The molecule has 0 aliphatic carbocycles. The average Bonchev–Trinajstić information content (AvgIpc) is 2.92. The number of hydrogen-bond acceptors (Lipinski definition) is 7. The number of aldehydes is 1. The summed E-state index contributed by atoms with van der Waals surface area (Å²) in [7, 11) is 7.37. The van der Waals surface area contributed by atoms with Crippen LogP contribution in [-0.4, -0.2) is 92.4 Å². The number of nitrogens with zero attached hydrogens (tertiary/aromatic N) is 5. The summed E-state index contributed by atoms with van der Waals surface area (Å²) in [6.45, 7) is 10.4. The van der Waals surface area contributed by atoms with Crippen LogP contribution in [0.4, 0.5) is 11.4 Å². The van der Waals surface area contributed by atoms with Gasteiger partial charge in [-0.05, 0) is 56.2 Å². The van der Waals surface area contributed by atoms with Gasteiger partial charge < -0.3 is 19.8 Å². The van der Waals surface area contributed by atoms with Crippen molar-refractivity contribution in [3.63, 3.8) is 0 Å². The van der Waals surface area contributed by atoms with Gasteiger partial charge in [0.2, 0.25) is 6.41 Å². The largest absolute Gasteiger partial charge is 0.506 e. The van der Waals surface area contributed by atoms with Crippen molar-refractivity contribution >= 4 is 46.8 Å². The summed E-state index contributed by atoms with van der Waals surface area (Å²) in [5.74, 6) is -0.160. The Balaban J connectivity index is 1.99. The molecule has 1 heterocycles. The van der Waals surface area contributed by atoms with Crippen LogP contribution in [0.15, 0.2) is 66.8 Å². The quantitative estimate of drug-likeness (QED) is 0.177. The Hall–Kier alpha value is -3.75. The van der Waals surface area contributed by atoms with Crippen molar-refractivity contribution in [2.45, 2.75) is 26.3 Å². The van der Waals surface area contributed by atoms with E-state index in [9.17, 15) is 14.7 Å². The lowest BCUT2D eigenvalue weighted by atomic mass is 9.97. The molecule has 2 aromatic carbocycles. The van der Waals surface area contributed by atoms with E-state index < -0.39 is 0 Å². The Morgan fingerprint density at radius 2 is 1.59 bits per heavy atom. The van der Waals surface area contributed by atoms with Crippen molar-refractivity contribution in [3.05, 3.63) is 83.0 Å². The van der Waals surface area contributed by atoms with Crippen molar-refractivity contribution in [1.29, 1.82) is 0 Å². The minimum Gasteiger partial charge on any atom is -0.506 e. The van der Waals surface area contributed by atoms with E-state index in [1.807, 2.05) is 52.5 Å². The number of rotatable bonds is 10. The van der Waals surface area contributed by atoms with E-state index in [2.05, 4.69) is 30.6 Å². The molecule has 0 saturated carbocycles. The van der Waals surface area contributed by atoms with Crippen molar-refractivity contribution in [3.8, 4) is 0 Å². The molecule has 1 fully saturated rings. The number of aliphatic hydroxyl groups is 1. The van der Waals surface area contributed by atoms with E-state index in [-0.39, 0.29) is 16.9 Å². The van der Waals surface area contributed by atoms with Crippen LogP contribution in [0.3, 0.4) is 0 Å². The highest BCUT2D eigenvalue weighted by Crippen LogP contribution is 2.34. The van der Waals surface area contributed by atoms with Crippen LogP contribution < -0.4 is 9.80 Å². The molecule has 8 nitrogen and oxygen atoms in total. The summed E-state index contributed by atoms with van der Waals surface area (Å²) in [4.78, 5) is 33.9. The molecule has 1 N–H and O–H groups in total. The van der Waals surface area contributed by atoms with E-state index in [1.165, 1.54) is 4.90 Å². The number of piperazine rings is 1. The first-order valence-corrected chi connectivity index (χ1v) is 14.0. The Morgan fingerprint density at radius 1 is 0.902 bits per heavy atom. The zero-order chi connectivity index (χ0) is 30.3. The lowest BCUT2D eigenvalue weighted by Crippen LogP contribution is -2.53. The number of benzene rings is 2. The third kappa shape index (κ3) is 8.15. The topological polar surface area (TPSA) is 70.6 Å². The minimum absolute atomic E-state index is 0.123. The van der Waals surface area contributed by atoms with Gasteiger partial charge in [-0.25, -0.2) is 0 Å². The van der Waals surface area contributed by atoms with Gasteiger partial charge in [-0.15, -0.1) is 0 Å². The molecular formula is C32H42ClN5O3. The molecule has 2 aromatic rings. The van der Waals surface area contributed by atoms with Gasteiger partial charge in [0.1, 0.15) is 5.76 Å². The standard InChI is InChI=1S/C32H42ClN5O3/c1-32(2,3)38-17-15-36(16-18-38)26-10-8-9-24(19-26)28(22-39)31(41)27(21-35(6)7)25-11-12-30(29(33)20-25)37(23-40)14-13-34(4)5/h8-14,19-23,41H,15-18H2,1-7H3/b14-13-,27-21-,31-28-. The van der Waals surface area contributed by atoms with Crippen molar-refractivity contribution in [1.82, 2.24) is 14.7 Å². The molecule has 0 atom stereocenters. The SMILES string of the molecule is CN(C)/C=C\N(C=O)c1ccc(C(=C/N(C)C)/C(O)=C(\C=O)c2cccc(N3CCN(C(C)(C)C)CC3)c2)cc1Cl. The van der Waals surface area contributed by atoms with Crippen molar-refractivity contribution in [2.75, 3.05) is 64.2 Å². The maximum Gasteiger partial charge on any atom is 0.218 e. The zero-order valence-corrected chi connectivity index (χ0v) is 25.9. The van der Waals surface area contributed by atoms with E-state index >= 15 is 0 Å². The van der Waals surface area contributed by atoms with E-state index in [0.717, 1.165) is 31.9 Å².